The van der Waals surface area contributed by atoms with Gasteiger partial charge in [0.2, 0.25) is 0 Å². The molecular formula is C13H18Cl2N2OS. The largest absolute Gasteiger partial charge is 0.399 e. The first-order chi connectivity index (χ1) is 8.31. The average molecular weight is 321 g/mol. The Morgan fingerprint density at radius 1 is 1.26 bits per heavy atom. The fourth-order valence-corrected chi connectivity index (χ4v) is 2.40. The fraction of sp³-hybridized carbons (Fsp3) is 0.231. The van der Waals surface area contributed by atoms with E-state index in [1.807, 2.05) is 24.3 Å². The molecule has 19 heavy (non-hydrogen) atoms. The van der Waals surface area contributed by atoms with Crippen molar-refractivity contribution in [3.63, 3.8) is 0 Å². The molecule has 0 aliphatic rings. The molecule has 0 spiro atoms. The van der Waals surface area contributed by atoms with Crippen molar-refractivity contribution in [2.45, 2.75) is 0 Å². The Morgan fingerprint density at radius 3 is 2.68 bits per heavy atom. The van der Waals surface area contributed by atoms with Crippen LogP contribution in [0.5, 0.6) is 0 Å². The van der Waals surface area contributed by atoms with Gasteiger partial charge in [-0.3, -0.25) is 0 Å². The standard InChI is InChI=1S/C13H16N2OS.2ClH/c1-16-7-6-15-12-5-4-10(14)9-11(12)13-3-2-8-17-13;;/h2-5,8-9,15H,6-7,14H2,1H3;2*1H. The first-order valence-corrected chi connectivity index (χ1v) is 6.35. The summed E-state index contributed by atoms with van der Waals surface area (Å²) in [6.07, 6.45) is 0. The van der Waals surface area contributed by atoms with E-state index in [9.17, 15) is 0 Å². The molecule has 3 N–H and O–H groups in total. The normalized spacial score (nSPS) is 9.32. The average Bonchev–Trinajstić information content (AvgIpc) is 2.85. The summed E-state index contributed by atoms with van der Waals surface area (Å²) in [5.41, 5.74) is 8.87. The molecule has 1 aromatic carbocycles. The number of nitrogens with one attached hydrogen (secondary N) is 1. The van der Waals surface area contributed by atoms with Crippen LogP contribution in [-0.4, -0.2) is 20.3 Å². The van der Waals surface area contributed by atoms with Gasteiger partial charge in [0.05, 0.1) is 6.61 Å². The van der Waals surface area contributed by atoms with Crippen LogP contribution in [0.2, 0.25) is 0 Å². The molecule has 0 aliphatic heterocycles. The predicted molar refractivity (Wildman–Crippen MR) is 89.0 cm³/mol. The third kappa shape index (κ3) is 4.91. The van der Waals surface area contributed by atoms with E-state index in [1.165, 1.54) is 4.88 Å². The zero-order valence-corrected chi connectivity index (χ0v) is 13.0. The van der Waals surface area contributed by atoms with E-state index >= 15 is 0 Å². The highest BCUT2D eigenvalue weighted by Crippen LogP contribution is 2.33. The number of nitrogens with two attached hydrogens (primary N) is 1. The quantitative estimate of drug-likeness (QED) is 0.648. The predicted octanol–water partition coefficient (Wildman–Crippen LogP) is 3.90. The summed E-state index contributed by atoms with van der Waals surface area (Å²) < 4.78 is 5.03. The SMILES string of the molecule is COCCNc1ccc(N)cc1-c1cccs1.Cl.Cl. The number of hydrogen-bond donors (Lipinski definition) is 2. The van der Waals surface area contributed by atoms with Crippen molar-refractivity contribution >= 4 is 47.5 Å². The summed E-state index contributed by atoms with van der Waals surface area (Å²) in [5.74, 6) is 0. The van der Waals surface area contributed by atoms with Crippen molar-refractivity contribution in [3.8, 4) is 10.4 Å². The third-order valence-electron chi connectivity index (χ3n) is 2.45. The Labute approximate surface area is 130 Å². The number of methoxy groups -OCH3 is 1. The molecule has 0 saturated heterocycles. The van der Waals surface area contributed by atoms with Crippen LogP contribution in [0, 0.1) is 0 Å². The highest BCUT2D eigenvalue weighted by atomic mass is 35.5. The molecule has 0 bridgehead atoms. The highest BCUT2D eigenvalue weighted by Gasteiger charge is 2.06. The molecular weight excluding hydrogens is 303 g/mol. The molecule has 2 aromatic rings. The van der Waals surface area contributed by atoms with Gasteiger partial charge in [-0.1, -0.05) is 6.07 Å². The van der Waals surface area contributed by atoms with Crippen molar-refractivity contribution in [3.05, 3.63) is 35.7 Å². The molecule has 3 nitrogen and oxygen atoms in total. The molecule has 0 saturated carbocycles. The lowest BCUT2D eigenvalue weighted by Gasteiger charge is -2.11. The van der Waals surface area contributed by atoms with E-state index in [0.717, 1.165) is 23.5 Å². The second-order valence-corrected chi connectivity index (χ2v) is 4.65. The first-order valence-electron chi connectivity index (χ1n) is 5.47. The van der Waals surface area contributed by atoms with Crippen LogP contribution >= 0.6 is 36.2 Å². The van der Waals surface area contributed by atoms with E-state index in [4.69, 9.17) is 10.5 Å². The summed E-state index contributed by atoms with van der Waals surface area (Å²) in [4.78, 5) is 1.22. The molecule has 106 valence electrons. The lowest BCUT2D eigenvalue weighted by Crippen LogP contribution is -2.08. The van der Waals surface area contributed by atoms with Crippen LogP contribution in [0.15, 0.2) is 35.7 Å². The molecule has 0 aliphatic carbocycles. The number of rotatable bonds is 5. The van der Waals surface area contributed by atoms with Crippen LogP contribution in [0.25, 0.3) is 10.4 Å². The van der Waals surface area contributed by atoms with Crippen molar-refractivity contribution in [1.82, 2.24) is 0 Å². The number of anilines is 2. The topological polar surface area (TPSA) is 47.3 Å². The first kappa shape index (κ1) is 18.1. The fourth-order valence-electron chi connectivity index (χ4n) is 1.64. The van der Waals surface area contributed by atoms with Gasteiger partial charge in [0.15, 0.2) is 0 Å². The van der Waals surface area contributed by atoms with Crippen LogP contribution in [0.3, 0.4) is 0 Å². The smallest absolute Gasteiger partial charge is 0.0635 e. The van der Waals surface area contributed by atoms with Gasteiger partial charge in [-0.2, -0.15) is 0 Å². The van der Waals surface area contributed by atoms with Gasteiger partial charge in [0.1, 0.15) is 0 Å². The third-order valence-corrected chi connectivity index (χ3v) is 3.36. The zero-order valence-electron chi connectivity index (χ0n) is 10.6. The highest BCUT2D eigenvalue weighted by molar-refractivity contribution is 7.13. The van der Waals surface area contributed by atoms with Gasteiger partial charge in [-0.15, -0.1) is 36.2 Å². The Morgan fingerprint density at radius 2 is 2.05 bits per heavy atom. The van der Waals surface area contributed by atoms with Gasteiger partial charge in [-0.05, 0) is 29.6 Å². The van der Waals surface area contributed by atoms with Gasteiger partial charge in [0, 0.05) is 35.5 Å². The lowest BCUT2D eigenvalue weighted by molar-refractivity contribution is 0.211. The number of benzene rings is 1. The van der Waals surface area contributed by atoms with Crippen LogP contribution in [-0.2, 0) is 4.74 Å². The van der Waals surface area contributed by atoms with Gasteiger partial charge in [0.25, 0.3) is 0 Å². The van der Waals surface area contributed by atoms with E-state index in [-0.39, 0.29) is 24.8 Å². The molecule has 0 unspecified atom stereocenters. The number of hydrogen-bond acceptors (Lipinski definition) is 4. The number of nitrogen functional groups attached to an aromatic ring is 1. The second-order valence-electron chi connectivity index (χ2n) is 3.70. The zero-order chi connectivity index (χ0) is 12.1. The molecule has 0 radical (unpaired) electrons. The van der Waals surface area contributed by atoms with E-state index in [0.29, 0.717) is 6.61 Å². The van der Waals surface area contributed by atoms with Crippen molar-refractivity contribution in [2.24, 2.45) is 0 Å². The summed E-state index contributed by atoms with van der Waals surface area (Å²) in [7, 11) is 1.70. The molecule has 1 heterocycles. The molecule has 0 amide bonds. The maximum absolute atomic E-state index is 5.84. The molecule has 2 rings (SSSR count). The number of ether oxygens (including phenoxy) is 1. The maximum Gasteiger partial charge on any atom is 0.0635 e. The minimum Gasteiger partial charge on any atom is -0.399 e. The maximum atomic E-state index is 5.84. The summed E-state index contributed by atoms with van der Waals surface area (Å²) >= 11 is 1.71. The summed E-state index contributed by atoms with van der Waals surface area (Å²) in [6, 6.07) is 10.1. The van der Waals surface area contributed by atoms with Gasteiger partial charge in [-0.25, -0.2) is 0 Å². The van der Waals surface area contributed by atoms with Crippen molar-refractivity contribution in [2.75, 3.05) is 31.3 Å². The lowest BCUT2D eigenvalue weighted by atomic mass is 10.1. The van der Waals surface area contributed by atoms with E-state index in [2.05, 4.69) is 16.8 Å². The van der Waals surface area contributed by atoms with Gasteiger partial charge < -0.3 is 15.8 Å². The van der Waals surface area contributed by atoms with Gasteiger partial charge >= 0.3 is 0 Å². The monoisotopic (exact) mass is 320 g/mol. The van der Waals surface area contributed by atoms with Crippen LogP contribution in [0.1, 0.15) is 0 Å². The second kappa shape index (κ2) is 9.04. The van der Waals surface area contributed by atoms with E-state index < -0.39 is 0 Å². The Kier molecular flexibility index (Phi) is 8.59. The number of halogens is 2. The Bertz CT molecular complexity index is 478. The molecule has 6 heteroatoms. The minimum absolute atomic E-state index is 0. The van der Waals surface area contributed by atoms with Crippen LogP contribution in [0.4, 0.5) is 11.4 Å². The van der Waals surface area contributed by atoms with Crippen molar-refractivity contribution in [1.29, 1.82) is 0 Å². The Balaban J connectivity index is 0.00000162. The Hall–Kier alpha value is -0.940. The number of thiophene rings is 1. The van der Waals surface area contributed by atoms with Crippen LogP contribution < -0.4 is 11.1 Å². The molecule has 1 aromatic heterocycles. The van der Waals surface area contributed by atoms with E-state index in [1.54, 1.807) is 18.4 Å². The molecule has 0 atom stereocenters. The molecule has 0 fully saturated rings. The summed E-state index contributed by atoms with van der Waals surface area (Å²) in [6.45, 7) is 1.48. The van der Waals surface area contributed by atoms with Crippen molar-refractivity contribution < 1.29 is 4.74 Å². The minimum atomic E-state index is 0. The summed E-state index contributed by atoms with van der Waals surface area (Å²) in [5, 5.41) is 5.42.